The van der Waals surface area contributed by atoms with E-state index in [0.717, 1.165) is 6.54 Å². The van der Waals surface area contributed by atoms with E-state index in [4.69, 9.17) is 4.74 Å². The summed E-state index contributed by atoms with van der Waals surface area (Å²) in [6.45, 7) is 1.21. The van der Waals surface area contributed by atoms with Gasteiger partial charge in [-0.3, -0.25) is 4.98 Å². The summed E-state index contributed by atoms with van der Waals surface area (Å²) in [7, 11) is 0. The summed E-state index contributed by atoms with van der Waals surface area (Å²) < 4.78 is 19.1. The van der Waals surface area contributed by atoms with Gasteiger partial charge in [-0.25, -0.2) is 4.39 Å². The molecule has 0 aromatic carbocycles. The number of nitrogens with one attached hydrogen (secondary N) is 1. The van der Waals surface area contributed by atoms with E-state index in [1.54, 1.807) is 24.5 Å². The van der Waals surface area contributed by atoms with Crippen molar-refractivity contribution in [1.29, 1.82) is 0 Å². The quantitative estimate of drug-likeness (QED) is 0.787. The highest BCUT2D eigenvalue weighted by molar-refractivity contribution is 5.15. The summed E-state index contributed by atoms with van der Waals surface area (Å²) in [5.74, 6) is 0.622. The van der Waals surface area contributed by atoms with Crippen LogP contribution >= 0.6 is 0 Å². The van der Waals surface area contributed by atoms with Gasteiger partial charge in [-0.2, -0.15) is 0 Å². The molecule has 0 bridgehead atoms. The van der Waals surface area contributed by atoms with Gasteiger partial charge in [0.05, 0.1) is 6.20 Å². The van der Waals surface area contributed by atoms with Crippen molar-refractivity contribution in [3.05, 3.63) is 24.5 Å². The van der Waals surface area contributed by atoms with Crippen LogP contribution in [-0.2, 0) is 0 Å². The summed E-state index contributed by atoms with van der Waals surface area (Å²) in [6.07, 6.45) is 3.77. The van der Waals surface area contributed by atoms with Crippen LogP contribution < -0.4 is 10.1 Å². The van der Waals surface area contributed by atoms with Crippen molar-refractivity contribution < 1.29 is 9.13 Å². The molecular weight excluding hydrogens is 183 g/mol. The monoisotopic (exact) mass is 196 g/mol. The first-order valence-corrected chi connectivity index (χ1v) is 4.71. The Hall–Kier alpha value is -1.16. The Balaban J connectivity index is 1.88. The smallest absolute Gasteiger partial charge is 0.158 e. The van der Waals surface area contributed by atoms with Gasteiger partial charge >= 0.3 is 0 Å². The normalized spacial score (nSPS) is 26.4. The molecule has 1 aromatic rings. The van der Waals surface area contributed by atoms with Gasteiger partial charge < -0.3 is 10.1 Å². The van der Waals surface area contributed by atoms with Crippen molar-refractivity contribution in [2.24, 2.45) is 0 Å². The Morgan fingerprint density at radius 2 is 2.57 bits per heavy atom. The molecule has 4 heteroatoms. The van der Waals surface area contributed by atoms with Crippen LogP contribution in [-0.4, -0.2) is 30.3 Å². The van der Waals surface area contributed by atoms with Crippen molar-refractivity contribution in [2.75, 3.05) is 19.7 Å². The van der Waals surface area contributed by atoms with Crippen LogP contribution in [0.25, 0.3) is 0 Å². The Morgan fingerprint density at radius 1 is 1.64 bits per heavy atom. The summed E-state index contributed by atoms with van der Waals surface area (Å²) in [5.41, 5.74) is -1.21. The van der Waals surface area contributed by atoms with Gasteiger partial charge in [0, 0.05) is 12.7 Å². The number of hydrogen-bond acceptors (Lipinski definition) is 3. The molecule has 0 radical (unpaired) electrons. The molecule has 76 valence electrons. The maximum absolute atomic E-state index is 13.8. The molecule has 1 saturated heterocycles. The summed E-state index contributed by atoms with van der Waals surface area (Å²) in [5, 5.41) is 2.98. The van der Waals surface area contributed by atoms with E-state index >= 15 is 0 Å². The fraction of sp³-hybridized carbons (Fsp3) is 0.500. The van der Waals surface area contributed by atoms with E-state index in [1.807, 2.05) is 0 Å². The zero-order valence-corrected chi connectivity index (χ0v) is 7.87. The van der Waals surface area contributed by atoms with Crippen LogP contribution in [0.5, 0.6) is 5.75 Å². The van der Waals surface area contributed by atoms with Gasteiger partial charge in [0.1, 0.15) is 12.4 Å². The number of rotatable bonds is 3. The molecule has 0 amide bonds. The van der Waals surface area contributed by atoms with E-state index < -0.39 is 5.67 Å². The molecule has 2 rings (SSSR count). The van der Waals surface area contributed by atoms with Crippen molar-refractivity contribution in [3.8, 4) is 5.75 Å². The summed E-state index contributed by atoms with van der Waals surface area (Å²) in [6, 6.07) is 3.55. The minimum absolute atomic E-state index is 0.103. The minimum atomic E-state index is -1.21. The standard InChI is InChI=1S/C10H13FN2O/c11-10(3-5-13-7-10)8-14-9-2-1-4-12-6-9/h1-2,4,6,13H,3,5,7-8H2/t10-/m0/s1. The molecule has 0 unspecified atom stereocenters. The average molecular weight is 196 g/mol. The number of alkyl halides is 1. The minimum Gasteiger partial charge on any atom is -0.489 e. The van der Waals surface area contributed by atoms with Gasteiger partial charge in [0.25, 0.3) is 0 Å². The molecule has 0 aliphatic carbocycles. The van der Waals surface area contributed by atoms with Crippen LogP contribution in [0, 0.1) is 0 Å². The van der Waals surface area contributed by atoms with E-state index in [1.165, 1.54) is 0 Å². The molecule has 0 saturated carbocycles. The molecule has 14 heavy (non-hydrogen) atoms. The maximum Gasteiger partial charge on any atom is 0.158 e. The van der Waals surface area contributed by atoms with Crippen molar-refractivity contribution in [3.63, 3.8) is 0 Å². The molecule has 0 spiro atoms. The first-order valence-electron chi connectivity index (χ1n) is 4.71. The molecule has 1 atom stereocenters. The van der Waals surface area contributed by atoms with E-state index in [-0.39, 0.29) is 6.61 Å². The molecule has 2 heterocycles. The predicted octanol–water partition coefficient (Wildman–Crippen LogP) is 1.16. The number of ether oxygens (including phenoxy) is 1. The molecule has 1 fully saturated rings. The van der Waals surface area contributed by atoms with Crippen LogP contribution in [0.15, 0.2) is 24.5 Å². The highest BCUT2D eigenvalue weighted by Gasteiger charge is 2.34. The Labute approximate surface area is 82.3 Å². The van der Waals surface area contributed by atoms with Crippen molar-refractivity contribution in [1.82, 2.24) is 10.3 Å². The molecule has 1 N–H and O–H groups in total. The van der Waals surface area contributed by atoms with Gasteiger partial charge in [-0.05, 0) is 25.1 Å². The largest absolute Gasteiger partial charge is 0.489 e. The molecule has 1 aliphatic rings. The number of pyridine rings is 1. The first kappa shape index (κ1) is 9.40. The van der Waals surface area contributed by atoms with E-state index in [0.29, 0.717) is 18.7 Å². The number of aromatic nitrogens is 1. The Morgan fingerprint density at radius 3 is 3.21 bits per heavy atom. The Bertz CT molecular complexity index is 285. The molecule has 3 nitrogen and oxygen atoms in total. The van der Waals surface area contributed by atoms with Gasteiger partial charge in [-0.15, -0.1) is 0 Å². The topological polar surface area (TPSA) is 34.1 Å². The summed E-state index contributed by atoms with van der Waals surface area (Å²) in [4.78, 5) is 3.89. The third kappa shape index (κ3) is 2.20. The lowest BCUT2D eigenvalue weighted by molar-refractivity contribution is 0.103. The first-order chi connectivity index (χ1) is 6.79. The van der Waals surface area contributed by atoms with Crippen LogP contribution in [0.4, 0.5) is 4.39 Å². The molecule has 1 aromatic heterocycles. The highest BCUT2D eigenvalue weighted by Crippen LogP contribution is 2.21. The lowest BCUT2D eigenvalue weighted by Crippen LogP contribution is -2.33. The van der Waals surface area contributed by atoms with Crippen molar-refractivity contribution >= 4 is 0 Å². The molecule has 1 aliphatic heterocycles. The van der Waals surface area contributed by atoms with Gasteiger partial charge in [0.2, 0.25) is 0 Å². The zero-order valence-electron chi connectivity index (χ0n) is 7.87. The second kappa shape index (κ2) is 3.92. The molecular formula is C10H13FN2O. The highest BCUT2D eigenvalue weighted by atomic mass is 19.1. The van der Waals surface area contributed by atoms with Crippen LogP contribution in [0.3, 0.4) is 0 Å². The maximum atomic E-state index is 13.8. The van der Waals surface area contributed by atoms with E-state index in [9.17, 15) is 4.39 Å². The lowest BCUT2D eigenvalue weighted by atomic mass is 10.1. The van der Waals surface area contributed by atoms with Crippen LogP contribution in [0.2, 0.25) is 0 Å². The summed E-state index contributed by atoms with van der Waals surface area (Å²) >= 11 is 0. The van der Waals surface area contributed by atoms with Crippen molar-refractivity contribution in [2.45, 2.75) is 12.1 Å². The predicted molar refractivity (Wildman–Crippen MR) is 51.1 cm³/mol. The second-order valence-corrected chi connectivity index (χ2v) is 3.56. The number of halogens is 1. The van der Waals surface area contributed by atoms with E-state index in [2.05, 4.69) is 10.3 Å². The Kier molecular flexibility index (Phi) is 2.63. The van der Waals surface area contributed by atoms with Gasteiger partial charge in [-0.1, -0.05) is 0 Å². The SMILES string of the molecule is F[C@@]1(COc2cccnc2)CCNC1. The number of hydrogen-bond donors (Lipinski definition) is 1. The second-order valence-electron chi connectivity index (χ2n) is 3.56. The third-order valence-electron chi connectivity index (χ3n) is 2.32. The average Bonchev–Trinajstić information content (AvgIpc) is 2.65. The van der Waals surface area contributed by atoms with Gasteiger partial charge in [0.15, 0.2) is 5.67 Å². The lowest BCUT2D eigenvalue weighted by Gasteiger charge is -2.18. The fourth-order valence-electron chi connectivity index (χ4n) is 1.48. The fourth-order valence-corrected chi connectivity index (χ4v) is 1.48. The number of nitrogens with zero attached hydrogens (tertiary/aromatic N) is 1. The van der Waals surface area contributed by atoms with Crippen LogP contribution in [0.1, 0.15) is 6.42 Å². The zero-order chi connectivity index (χ0) is 9.86. The third-order valence-corrected chi connectivity index (χ3v) is 2.32.